The van der Waals surface area contributed by atoms with Crippen LogP contribution in [0.15, 0.2) is 17.6 Å². The molecule has 0 spiro atoms. The molecule has 19 heavy (non-hydrogen) atoms. The van der Waals surface area contributed by atoms with Gasteiger partial charge in [0.15, 0.2) is 5.16 Å². The first-order chi connectivity index (χ1) is 9.10. The number of rotatable bonds is 4. The summed E-state index contributed by atoms with van der Waals surface area (Å²) in [5, 5.41) is 12.0. The number of carbonyl (C=O) groups is 1. The molecule has 9 heteroatoms. The van der Waals surface area contributed by atoms with Gasteiger partial charge in [0.25, 0.3) is 5.91 Å². The quantitative estimate of drug-likeness (QED) is 0.643. The molecule has 0 saturated carbocycles. The number of nitrogens with one attached hydrogen (secondary N) is 1. The average molecular weight is 296 g/mol. The number of anilines is 1. The van der Waals surface area contributed by atoms with E-state index in [4.69, 9.17) is 5.73 Å². The molecule has 2 aromatic heterocycles. The molecule has 0 aliphatic heterocycles. The largest absolute Gasteiger partial charge is 0.374 e. The smallest absolute Gasteiger partial charge is 0.254 e. The van der Waals surface area contributed by atoms with E-state index in [1.165, 1.54) is 35.5 Å². The Balaban J connectivity index is 2.03. The van der Waals surface area contributed by atoms with Crippen molar-refractivity contribution in [3.05, 3.63) is 23.0 Å². The van der Waals surface area contributed by atoms with Crippen LogP contribution in [0.3, 0.4) is 0 Å². The van der Waals surface area contributed by atoms with Crippen LogP contribution in [0.4, 0.5) is 5.13 Å². The van der Waals surface area contributed by atoms with Crippen molar-refractivity contribution in [2.45, 2.75) is 18.1 Å². The number of hydrogen-bond acceptors (Lipinski definition) is 8. The minimum atomic E-state index is -0.262. The molecule has 0 saturated heterocycles. The van der Waals surface area contributed by atoms with Crippen molar-refractivity contribution in [3.8, 4) is 0 Å². The molecule has 2 heterocycles. The van der Waals surface area contributed by atoms with Crippen molar-refractivity contribution < 1.29 is 4.79 Å². The van der Waals surface area contributed by atoms with Gasteiger partial charge in [0.2, 0.25) is 5.13 Å². The Hall–Kier alpha value is -1.74. The predicted octanol–water partition coefficient (Wildman–Crippen LogP) is 1.12. The monoisotopic (exact) mass is 296 g/mol. The molecule has 2 aromatic rings. The van der Waals surface area contributed by atoms with Gasteiger partial charge in [0.05, 0.1) is 11.6 Å². The van der Waals surface area contributed by atoms with E-state index in [2.05, 4.69) is 25.5 Å². The third-order valence-electron chi connectivity index (χ3n) is 2.25. The number of nitrogens with two attached hydrogens (primary N) is 1. The topological polar surface area (TPSA) is 107 Å². The molecule has 0 bridgehead atoms. The van der Waals surface area contributed by atoms with Crippen LogP contribution in [0.1, 0.15) is 28.3 Å². The maximum atomic E-state index is 12.0. The number of nitrogen functional groups attached to an aromatic ring is 1. The van der Waals surface area contributed by atoms with Crippen molar-refractivity contribution in [2.75, 3.05) is 12.0 Å². The molecular formula is C10H12N6OS2. The van der Waals surface area contributed by atoms with Crippen LogP contribution >= 0.6 is 23.1 Å². The van der Waals surface area contributed by atoms with E-state index in [9.17, 15) is 4.79 Å². The van der Waals surface area contributed by atoms with Crippen LogP contribution in [0.2, 0.25) is 0 Å². The molecule has 2 rings (SSSR count). The fourth-order valence-corrected chi connectivity index (χ4v) is 2.23. The summed E-state index contributed by atoms with van der Waals surface area (Å²) in [6.45, 7) is 1.81. The van der Waals surface area contributed by atoms with Gasteiger partial charge in [-0.1, -0.05) is 23.1 Å². The van der Waals surface area contributed by atoms with E-state index in [0.717, 1.165) is 0 Å². The van der Waals surface area contributed by atoms with E-state index in [1.807, 2.05) is 13.2 Å². The highest BCUT2D eigenvalue weighted by atomic mass is 32.2. The van der Waals surface area contributed by atoms with Gasteiger partial charge in [-0.3, -0.25) is 4.79 Å². The molecule has 7 nitrogen and oxygen atoms in total. The third kappa shape index (κ3) is 3.38. The summed E-state index contributed by atoms with van der Waals surface area (Å²) in [5.41, 5.74) is 5.90. The minimum absolute atomic E-state index is 0.256. The van der Waals surface area contributed by atoms with Crippen molar-refractivity contribution >= 4 is 34.1 Å². The Bertz CT molecular complexity index is 570. The zero-order valence-electron chi connectivity index (χ0n) is 10.3. The number of amides is 1. The van der Waals surface area contributed by atoms with Crippen molar-refractivity contribution in [3.63, 3.8) is 0 Å². The van der Waals surface area contributed by atoms with Gasteiger partial charge < -0.3 is 11.1 Å². The Morgan fingerprint density at radius 1 is 1.42 bits per heavy atom. The minimum Gasteiger partial charge on any atom is -0.374 e. The zero-order chi connectivity index (χ0) is 13.8. The van der Waals surface area contributed by atoms with Crippen molar-refractivity contribution in [1.82, 2.24) is 25.5 Å². The van der Waals surface area contributed by atoms with Crippen LogP contribution < -0.4 is 11.1 Å². The highest BCUT2D eigenvalue weighted by Gasteiger charge is 2.15. The first kappa shape index (κ1) is 13.7. The molecule has 0 aliphatic rings. The normalized spacial score (nSPS) is 12.1. The maximum absolute atomic E-state index is 12.0. The lowest BCUT2D eigenvalue weighted by Crippen LogP contribution is -2.26. The molecule has 0 fully saturated rings. The fourth-order valence-electron chi connectivity index (χ4n) is 1.30. The van der Waals surface area contributed by atoms with E-state index in [-0.39, 0.29) is 11.9 Å². The van der Waals surface area contributed by atoms with Gasteiger partial charge in [0.1, 0.15) is 5.01 Å². The summed E-state index contributed by atoms with van der Waals surface area (Å²) in [4.78, 5) is 20.1. The molecule has 100 valence electrons. The fraction of sp³-hybridized carbons (Fsp3) is 0.300. The van der Waals surface area contributed by atoms with Gasteiger partial charge in [-0.15, -0.1) is 10.2 Å². The third-order valence-corrected chi connectivity index (χ3v) is 3.76. The van der Waals surface area contributed by atoms with Gasteiger partial charge in [0, 0.05) is 12.4 Å². The molecule has 0 aromatic carbocycles. The number of nitrogens with zero attached hydrogens (tertiary/aromatic N) is 4. The standard InChI is InChI=1S/C10H12N6OS2/c1-5(8-15-16-9(11)19-8)14-7(17)6-3-12-10(18-2)13-4-6/h3-5H,1-2H3,(H2,11,16)(H,14,17)/t5-/m0/s1. The SMILES string of the molecule is CSc1ncc(C(=O)N[C@@H](C)c2nnc(N)s2)cn1. The summed E-state index contributed by atoms with van der Waals surface area (Å²) in [7, 11) is 0. The molecule has 1 amide bonds. The lowest BCUT2D eigenvalue weighted by Gasteiger charge is -2.10. The van der Waals surface area contributed by atoms with Crippen LogP contribution in [0.5, 0.6) is 0 Å². The second-order valence-corrected chi connectivity index (χ2v) is 5.45. The lowest BCUT2D eigenvalue weighted by atomic mass is 10.3. The van der Waals surface area contributed by atoms with Crippen LogP contribution in [-0.2, 0) is 0 Å². The number of aromatic nitrogens is 4. The second kappa shape index (κ2) is 5.93. The summed E-state index contributed by atoms with van der Waals surface area (Å²) in [6.07, 6.45) is 4.86. The summed E-state index contributed by atoms with van der Waals surface area (Å²) < 4.78 is 0. The molecule has 1 atom stereocenters. The van der Waals surface area contributed by atoms with Crippen LogP contribution in [-0.4, -0.2) is 32.3 Å². The Labute approximate surface area is 118 Å². The molecule has 0 radical (unpaired) electrons. The number of thioether (sulfide) groups is 1. The van der Waals surface area contributed by atoms with E-state index in [1.54, 1.807) is 0 Å². The molecule has 0 aliphatic carbocycles. The molecule has 3 N–H and O–H groups in total. The first-order valence-corrected chi connectivity index (χ1v) is 7.40. The summed E-state index contributed by atoms with van der Waals surface area (Å²) >= 11 is 2.66. The highest BCUT2D eigenvalue weighted by Crippen LogP contribution is 2.19. The Morgan fingerprint density at radius 2 is 2.11 bits per heavy atom. The van der Waals surface area contributed by atoms with Crippen LogP contribution in [0.25, 0.3) is 0 Å². The average Bonchev–Trinajstić information content (AvgIpc) is 2.85. The lowest BCUT2D eigenvalue weighted by molar-refractivity contribution is 0.0939. The van der Waals surface area contributed by atoms with Gasteiger partial charge in [-0.05, 0) is 13.2 Å². The second-order valence-electron chi connectivity index (χ2n) is 3.63. The Kier molecular flexibility index (Phi) is 4.27. The van der Waals surface area contributed by atoms with E-state index in [0.29, 0.717) is 20.9 Å². The van der Waals surface area contributed by atoms with Gasteiger partial charge in [-0.2, -0.15) is 0 Å². The summed E-state index contributed by atoms with van der Waals surface area (Å²) in [6, 6.07) is -0.262. The summed E-state index contributed by atoms with van der Waals surface area (Å²) in [5.74, 6) is -0.256. The van der Waals surface area contributed by atoms with Crippen molar-refractivity contribution in [2.24, 2.45) is 0 Å². The first-order valence-electron chi connectivity index (χ1n) is 5.36. The number of hydrogen-bond donors (Lipinski definition) is 2. The highest BCUT2D eigenvalue weighted by molar-refractivity contribution is 7.98. The van der Waals surface area contributed by atoms with Crippen molar-refractivity contribution in [1.29, 1.82) is 0 Å². The zero-order valence-corrected chi connectivity index (χ0v) is 12.0. The van der Waals surface area contributed by atoms with Gasteiger partial charge >= 0.3 is 0 Å². The predicted molar refractivity (Wildman–Crippen MR) is 74.0 cm³/mol. The van der Waals surface area contributed by atoms with Crippen LogP contribution in [0, 0.1) is 0 Å². The molecular weight excluding hydrogens is 284 g/mol. The van der Waals surface area contributed by atoms with E-state index < -0.39 is 0 Å². The number of carbonyl (C=O) groups excluding carboxylic acids is 1. The Morgan fingerprint density at radius 3 is 2.63 bits per heavy atom. The van der Waals surface area contributed by atoms with Gasteiger partial charge in [-0.25, -0.2) is 9.97 Å². The van der Waals surface area contributed by atoms with E-state index >= 15 is 0 Å². The molecule has 0 unspecified atom stereocenters. The maximum Gasteiger partial charge on any atom is 0.254 e.